The molecule has 1 aromatic carbocycles. The molecule has 1 aromatic rings. The van der Waals surface area contributed by atoms with Crippen LogP contribution in [-0.4, -0.2) is 10.1 Å². The first kappa shape index (κ1) is 12.6. The molecular weight excluding hydrogens is 280 g/mol. The van der Waals surface area contributed by atoms with Gasteiger partial charge in [-0.25, -0.2) is 0 Å². The smallest absolute Gasteiger partial charge is 0.265 e. The first-order valence-corrected chi connectivity index (χ1v) is 5.18. The lowest BCUT2D eigenvalue weighted by Crippen LogP contribution is -2.24. The lowest BCUT2D eigenvalue weighted by atomic mass is 10.1. The van der Waals surface area contributed by atoms with Gasteiger partial charge < -0.3 is 0 Å². The van der Waals surface area contributed by atoms with Crippen molar-refractivity contribution in [2.75, 3.05) is 0 Å². The van der Waals surface area contributed by atoms with Crippen molar-refractivity contribution in [2.24, 2.45) is 0 Å². The molecule has 0 spiro atoms. The number of carbonyl (C=O) groups excluding carboxylic acids is 1. The summed E-state index contributed by atoms with van der Waals surface area (Å²) in [5, 5.41) is 9.05. The molecule has 6 heteroatoms. The summed E-state index contributed by atoms with van der Waals surface area (Å²) in [5.41, 5.74) is 0.0626. The van der Waals surface area contributed by atoms with Crippen LogP contribution < -0.4 is 0 Å². The van der Waals surface area contributed by atoms with Crippen molar-refractivity contribution in [3.8, 4) is 6.07 Å². The lowest BCUT2D eigenvalue weighted by Gasteiger charge is -2.10. The number of Topliss-reactive ketones (excluding diaryl/α,β-unsaturated/α-hetero) is 1. The lowest BCUT2D eigenvalue weighted by molar-refractivity contribution is 0.0989. The summed E-state index contributed by atoms with van der Waals surface area (Å²) in [6.07, 6.45) is 0. The third kappa shape index (κ3) is 2.76. The SMILES string of the molecule is N#CC(Cl)(Cl)C(=O)c1ccc(Cl)cc1Cl. The largest absolute Gasteiger partial charge is 0.289 e. The van der Waals surface area contributed by atoms with E-state index < -0.39 is 10.1 Å². The molecule has 2 nitrogen and oxygen atoms in total. The molecule has 15 heavy (non-hydrogen) atoms. The highest BCUT2D eigenvalue weighted by Crippen LogP contribution is 2.30. The van der Waals surface area contributed by atoms with Gasteiger partial charge in [0.25, 0.3) is 4.33 Å². The molecule has 0 radical (unpaired) electrons. The van der Waals surface area contributed by atoms with Crippen molar-refractivity contribution < 1.29 is 4.79 Å². The second-order valence-corrected chi connectivity index (χ2v) is 4.81. The maximum atomic E-state index is 11.6. The summed E-state index contributed by atoms with van der Waals surface area (Å²) in [7, 11) is 0. The van der Waals surface area contributed by atoms with Crippen LogP contribution in [0, 0.1) is 11.3 Å². The molecule has 0 aliphatic carbocycles. The molecular formula is C9H3Cl4NO. The molecule has 0 aromatic heterocycles. The molecule has 0 atom stereocenters. The zero-order chi connectivity index (χ0) is 11.6. The number of hydrogen-bond acceptors (Lipinski definition) is 2. The van der Waals surface area contributed by atoms with Gasteiger partial charge in [-0.15, -0.1) is 0 Å². The fraction of sp³-hybridized carbons (Fsp3) is 0.111. The van der Waals surface area contributed by atoms with Gasteiger partial charge in [0.15, 0.2) is 0 Å². The van der Waals surface area contributed by atoms with Gasteiger partial charge in [0, 0.05) is 10.6 Å². The van der Waals surface area contributed by atoms with Gasteiger partial charge in [-0.1, -0.05) is 46.4 Å². The van der Waals surface area contributed by atoms with E-state index in [1.165, 1.54) is 24.3 Å². The van der Waals surface area contributed by atoms with Crippen LogP contribution in [0.3, 0.4) is 0 Å². The molecule has 0 N–H and O–H groups in total. The third-order valence-corrected chi connectivity index (χ3v) is 2.66. The summed E-state index contributed by atoms with van der Waals surface area (Å²) < 4.78 is -2.13. The monoisotopic (exact) mass is 281 g/mol. The Bertz CT molecular complexity index is 450. The maximum Gasteiger partial charge on any atom is 0.265 e. The second kappa shape index (κ2) is 4.59. The summed E-state index contributed by atoms with van der Waals surface area (Å²) in [5.74, 6) is -0.769. The molecule has 0 amide bonds. The minimum Gasteiger partial charge on any atom is -0.289 e. The Morgan fingerprint density at radius 2 is 1.93 bits per heavy atom. The van der Waals surface area contributed by atoms with E-state index in [-0.39, 0.29) is 10.6 Å². The number of ketones is 1. The van der Waals surface area contributed by atoms with Crippen LogP contribution in [0.15, 0.2) is 18.2 Å². The van der Waals surface area contributed by atoms with E-state index in [9.17, 15) is 4.79 Å². The quantitative estimate of drug-likeness (QED) is 0.610. The summed E-state index contributed by atoms with van der Waals surface area (Å²) >= 11 is 22.4. The van der Waals surface area contributed by atoms with Gasteiger partial charge in [-0.05, 0) is 18.2 Å². The number of nitrogens with zero attached hydrogens (tertiary/aromatic N) is 1. The van der Waals surface area contributed by atoms with E-state index in [1.807, 2.05) is 0 Å². The van der Waals surface area contributed by atoms with Crippen molar-refractivity contribution in [1.82, 2.24) is 0 Å². The molecule has 0 heterocycles. The average molecular weight is 283 g/mol. The highest BCUT2D eigenvalue weighted by molar-refractivity contribution is 6.62. The molecule has 0 aliphatic rings. The van der Waals surface area contributed by atoms with Crippen molar-refractivity contribution in [1.29, 1.82) is 5.26 Å². The van der Waals surface area contributed by atoms with Crippen LogP contribution in [0.4, 0.5) is 0 Å². The Hall–Kier alpha value is -0.460. The van der Waals surface area contributed by atoms with Gasteiger partial charge >= 0.3 is 0 Å². The van der Waals surface area contributed by atoms with Crippen LogP contribution in [0.2, 0.25) is 10.0 Å². The van der Waals surface area contributed by atoms with E-state index in [1.54, 1.807) is 0 Å². The number of rotatable bonds is 2. The van der Waals surface area contributed by atoms with Gasteiger partial charge in [0.1, 0.15) is 6.07 Å². The summed E-state index contributed by atoms with van der Waals surface area (Å²) in [6.45, 7) is 0. The van der Waals surface area contributed by atoms with E-state index in [0.717, 1.165) is 0 Å². The minimum atomic E-state index is -2.13. The molecule has 0 bridgehead atoms. The molecule has 78 valence electrons. The number of nitriles is 1. The topological polar surface area (TPSA) is 40.9 Å². The summed E-state index contributed by atoms with van der Waals surface area (Å²) in [4.78, 5) is 11.6. The van der Waals surface area contributed by atoms with Crippen LogP contribution in [0.5, 0.6) is 0 Å². The maximum absolute atomic E-state index is 11.6. The average Bonchev–Trinajstić information content (AvgIpc) is 2.17. The van der Waals surface area contributed by atoms with Gasteiger partial charge in [0.2, 0.25) is 5.78 Å². The number of halogens is 4. The summed E-state index contributed by atoms with van der Waals surface area (Å²) in [6, 6.07) is 5.67. The number of benzene rings is 1. The van der Waals surface area contributed by atoms with Gasteiger partial charge in [0.05, 0.1) is 5.02 Å². The van der Waals surface area contributed by atoms with Crippen molar-refractivity contribution in [3.63, 3.8) is 0 Å². The zero-order valence-corrected chi connectivity index (χ0v) is 10.1. The second-order valence-electron chi connectivity index (χ2n) is 2.64. The van der Waals surface area contributed by atoms with Crippen molar-refractivity contribution in [3.05, 3.63) is 33.8 Å². The van der Waals surface area contributed by atoms with Crippen LogP contribution in [0.25, 0.3) is 0 Å². The normalized spacial score (nSPS) is 10.9. The standard InChI is InChI=1S/C9H3Cl4NO/c10-5-1-2-6(7(11)3-5)8(15)9(12,13)4-14/h1-3H. The van der Waals surface area contributed by atoms with E-state index in [0.29, 0.717) is 5.02 Å². The fourth-order valence-electron chi connectivity index (χ4n) is 0.894. The fourth-order valence-corrected chi connectivity index (χ4v) is 1.59. The predicted molar refractivity (Wildman–Crippen MR) is 60.8 cm³/mol. The Kier molecular flexibility index (Phi) is 3.86. The van der Waals surface area contributed by atoms with Crippen LogP contribution >= 0.6 is 46.4 Å². The van der Waals surface area contributed by atoms with Gasteiger partial charge in [-0.3, -0.25) is 4.79 Å². The van der Waals surface area contributed by atoms with E-state index in [4.69, 9.17) is 51.7 Å². The Balaban J connectivity index is 3.20. The Labute approximate surface area is 106 Å². The van der Waals surface area contributed by atoms with E-state index in [2.05, 4.69) is 0 Å². The van der Waals surface area contributed by atoms with Crippen molar-refractivity contribution in [2.45, 2.75) is 4.33 Å². The number of carbonyl (C=O) groups is 1. The molecule has 1 rings (SSSR count). The highest BCUT2D eigenvalue weighted by atomic mass is 35.5. The molecule has 0 saturated heterocycles. The molecule has 0 fully saturated rings. The van der Waals surface area contributed by atoms with Crippen molar-refractivity contribution >= 4 is 52.2 Å². The Morgan fingerprint density at radius 3 is 2.40 bits per heavy atom. The zero-order valence-electron chi connectivity index (χ0n) is 7.10. The predicted octanol–water partition coefficient (Wildman–Crippen LogP) is 3.87. The number of alkyl halides is 2. The molecule has 0 unspecified atom stereocenters. The first-order chi connectivity index (χ1) is 6.88. The van der Waals surface area contributed by atoms with Gasteiger partial charge in [-0.2, -0.15) is 5.26 Å². The minimum absolute atomic E-state index is 0.0626. The molecule has 0 aliphatic heterocycles. The van der Waals surface area contributed by atoms with Crippen LogP contribution in [-0.2, 0) is 0 Å². The molecule has 0 saturated carbocycles. The highest BCUT2D eigenvalue weighted by Gasteiger charge is 2.35. The van der Waals surface area contributed by atoms with Crippen LogP contribution in [0.1, 0.15) is 10.4 Å². The Morgan fingerprint density at radius 1 is 1.33 bits per heavy atom. The third-order valence-electron chi connectivity index (χ3n) is 1.60. The van der Waals surface area contributed by atoms with E-state index >= 15 is 0 Å². The number of hydrogen-bond donors (Lipinski definition) is 0. The first-order valence-electron chi connectivity index (χ1n) is 3.67.